The van der Waals surface area contributed by atoms with Crippen LogP contribution >= 0.6 is 0 Å². The van der Waals surface area contributed by atoms with Crippen LogP contribution in [0.2, 0.25) is 0 Å². The Bertz CT molecular complexity index is 399. The molecule has 1 amide bonds. The number of rotatable bonds is 3. The fourth-order valence-corrected chi connectivity index (χ4v) is 2.04. The summed E-state index contributed by atoms with van der Waals surface area (Å²) in [6.07, 6.45) is 0. The summed E-state index contributed by atoms with van der Waals surface area (Å²) in [5.41, 5.74) is 0.355. The van der Waals surface area contributed by atoms with Crippen LogP contribution in [-0.2, 0) is 0 Å². The fraction of sp³-hybridized carbons (Fsp3) is 0.643. The minimum atomic E-state index is -0.204. The number of hydrogen-bond donors (Lipinski definition) is 1. The first-order valence-corrected chi connectivity index (χ1v) is 7.27. The van der Waals surface area contributed by atoms with E-state index < -0.39 is 0 Å². The molecule has 2 rings (SSSR count). The molecule has 1 aliphatic heterocycles. The summed E-state index contributed by atoms with van der Waals surface area (Å²) < 4.78 is 0. The van der Waals surface area contributed by atoms with E-state index in [0.717, 1.165) is 38.5 Å². The second-order valence-electron chi connectivity index (χ2n) is 4.28. The summed E-state index contributed by atoms with van der Waals surface area (Å²) in [5, 5.41) is 10.6. The molecule has 0 unspecified atom stereocenters. The molecular weight excluding hydrogens is 254 g/mol. The number of hydrogen-bond acceptors (Lipinski definition) is 5. The van der Waals surface area contributed by atoms with Crippen molar-refractivity contribution in [2.45, 2.75) is 20.8 Å². The molecule has 1 aromatic rings. The number of nitrogens with one attached hydrogen (secondary N) is 1. The van der Waals surface area contributed by atoms with Gasteiger partial charge in [0.15, 0.2) is 11.5 Å². The minimum absolute atomic E-state index is 0.204. The van der Waals surface area contributed by atoms with E-state index in [1.807, 2.05) is 19.9 Å². The molecule has 0 spiro atoms. The van der Waals surface area contributed by atoms with E-state index >= 15 is 0 Å². The second-order valence-corrected chi connectivity index (χ2v) is 4.28. The van der Waals surface area contributed by atoms with Crippen molar-refractivity contribution in [3.63, 3.8) is 0 Å². The highest BCUT2D eigenvalue weighted by atomic mass is 16.1. The van der Waals surface area contributed by atoms with Crippen LogP contribution in [-0.4, -0.2) is 60.8 Å². The maximum absolute atomic E-state index is 11.3. The summed E-state index contributed by atoms with van der Waals surface area (Å²) in [7, 11) is 1.59. The van der Waals surface area contributed by atoms with Crippen LogP contribution in [0.5, 0.6) is 0 Å². The van der Waals surface area contributed by atoms with E-state index in [4.69, 9.17) is 0 Å². The third kappa shape index (κ3) is 4.16. The van der Waals surface area contributed by atoms with Gasteiger partial charge in [-0.1, -0.05) is 20.8 Å². The molecule has 0 radical (unpaired) electrons. The number of piperazine rings is 1. The van der Waals surface area contributed by atoms with Gasteiger partial charge in [0, 0.05) is 33.2 Å². The molecule has 1 fully saturated rings. The van der Waals surface area contributed by atoms with Crippen molar-refractivity contribution in [1.29, 1.82) is 0 Å². The normalized spacial score (nSPS) is 15.3. The third-order valence-corrected chi connectivity index (χ3v) is 3.25. The van der Waals surface area contributed by atoms with Gasteiger partial charge in [-0.25, -0.2) is 0 Å². The van der Waals surface area contributed by atoms with Gasteiger partial charge in [-0.05, 0) is 18.7 Å². The predicted molar refractivity (Wildman–Crippen MR) is 81.1 cm³/mol. The number of likely N-dealkylation sites (N-methyl/N-ethyl adjacent to an activating group) is 1. The van der Waals surface area contributed by atoms with Crippen molar-refractivity contribution in [2.24, 2.45) is 0 Å². The summed E-state index contributed by atoms with van der Waals surface area (Å²) in [6, 6.07) is 3.58. The quantitative estimate of drug-likeness (QED) is 0.894. The van der Waals surface area contributed by atoms with Crippen molar-refractivity contribution < 1.29 is 4.79 Å². The Morgan fingerprint density at radius 3 is 2.30 bits per heavy atom. The van der Waals surface area contributed by atoms with Crippen LogP contribution in [0.25, 0.3) is 0 Å². The van der Waals surface area contributed by atoms with E-state index in [2.05, 4.69) is 32.2 Å². The van der Waals surface area contributed by atoms with Crippen molar-refractivity contribution >= 4 is 11.7 Å². The molecule has 112 valence electrons. The molecule has 2 heterocycles. The van der Waals surface area contributed by atoms with E-state index in [1.54, 1.807) is 13.1 Å². The lowest BCUT2D eigenvalue weighted by Crippen LogP contribution is -2.46. The Kier molecular flexibility index (Phi) is 6.93. The van der Waals surface area contributed by atoms with Gasteiger partial charge in [0.05, 0.1) is 0 Å². The molecule has 20 heavy (non-hydrogen) atoms. The summed E-state index contributed by atoms with van der Waals surface area (Å²) in [4.78, 5) is 16.0. The van der Waals surface area contributed by atoms with Crippen LogP contribution < -0.4 is 10.2 Å². The van der Waals surface area contributed by atoms with Crippen LogP contribution in [0.1, 0.15) is 31.3 Å². The van der Waals surface area contributed by atoms with Gasteiger partial charge in [-0.15, -0.1) is 10.2 Å². The standard InChI is InChI=1S/C12H19N5O.C2H6/c1-3-16-6-8-17(9-7-16)11-5-4-10(14-15-11)12(18)13-2;1-2/h4-5H,3,6-9H2,1-2H3,(H,13,18);1-2H3. The lowest BCUT2D eigenvalue weighted by atomic mass is 10.3. The van der Waals surface area contributed by atoms with Crippen LogP contribution in [0, 0.1) is 0 Å². The smallest absolute Gasteiger partial charge is 0.271 e. The monoisotopic (exact) mass is 279 g/mol. The van der Waals surface area contributed by atoms with Gasteiger partial charge in [-0.2, -0.15) is 0 Å². The minimum Gasteiger partial charge on any atom is -0.354 e. The van der Waals surface area contributed by atoms with Crippen molar-refractivity contribution in [3.05, 3.63) is 17.8 Å². The zero-order valence-electron chi connectivity index (χ0n) is 12.9. The SMILES string of the molecule is CC.CCN1CCN(c2ccc(C(=O)NC)nn2)CC1. The van der Waals surface area contributed by atoms with Crippen LogP contribution in [0.3, 0.4) is 0 Å². The highest BCUT2D eigenvalue weighted by Gasteiger charge is 2.17. The van der Waals surface area contributed by atoms with E-state index in [1.165, 1.54) is 0 Å². The number of amides is 1. The molecular formula is C14H25N5O. The average molecular weight is 279 g/mol. The Hall–Kier alpha value is -1.69. The zero-order chi connectivity index (χ0) is 15.0. The molecule has 0 aromatic carbocycles. The van der Waals surface area contributed by atoms with Crippen LogP contribution in [0.15, 0.2) is 12.1 Å². The third-order valence-electron chi connectivity index (χ3n) is 3.25. The number of nitrogens with zero attached hydrogens (tertiary/aromatic N) is 4. The van der Waals surface area contributed by atoms with Crippen molar-refractivity contribution in [3.8, 4) is 0 Å². The Morgan fingerprint density at radius 1 is 1.20 bits per heavy atom. The predicted octanol–water partition coefficient (Wildman–Crippen LogP) is 1.00. The van der Waals surface area contributed by atoms with Gasteiger partial charge in [-0.3, -0.25) is 4.79 Å². The highest BCUT2D eigenvalue weighted by molar-refractivity contribution is 5.91. The van der Waals surface area contributed by atoms with Crippen LogP contribution in [0.4, 0.5) is 5.82 Å². The molecule has 0 aliphatic carbocycles. The molecule has 0 bridgehead atoms. The topological polar surface area (TPSA) is 61.4 Å². The van der Waals surface area contributed by atoms with Crippen molar-refractivity contribution in [2.75, 3.05) is 44.7 Å². The fourth-order valence-electron chi connectivity index (χ4n) is 2.04. The first kappa shape index (κ1) is 16.4. The largest absolute Gasteiger partial charge is 0.354 e. The van der Waals surface area contributed by atoms with E-state index in [0.29, 0.717) is 5.69 Å². The molecule has 6 nitrogen and oxygen atoms in total. The Balaban J connectivity index is 0.000000956. The molecule has 1 aliphatic rings. The van der Waals surface area contributed by atoms with Crippen molar-refractivity contribution in [1.82, 2.24) is 20.4 Å². The molecule has 0 saturated carbocycles. The number of carbonyl (C=O) groups excluding carboxylic acids is 1. The van der Waals surface area contributed by atoms with Gasteiger partial charge < -0.3 is 15.1 Å². The number of carbonyl (C=O) groups is 1. The lowest BCUT2D eigenvalue weighted by Gasteiger charge is -2.34. The maximum atomic E-state index is 11.3. The van der Waals surface area contributed by atoms with Gasteiger partial charge in [0.2, 0.25) is 0 Å². The van der Waals surface area contributed by atoms with E-state index in [-0.39, 0.29) is 5.91 Å². The molecule has 1 N–H and O–H groups in total. The zero-order valence-corrected chi connectivity index (χ0v) is 12.9. The molecule has 1 saturated heterocycles. The average Bonchev–Trinajstić information content (AvgIpc) is 2.56. The maximum Gasteiger partial charge on any atom is 0.271 e. The number of aromatic nitrogens is 2. The first-order chi connectivity index (χ1) is 9.74. The first-order valence-electron chi connectivity index (χ1n) is 7.27. The Morgan fingerprint density at radius 2 is 1.85 bits per heavy atom. The van der Waals surface area contributed by atoms with Gasteiger partial charge in [0.25, 0.3) is 5.91 Å². The lowest BCUT2D eigenvalue weighted by molar-refractivity contribution is 0.0957. The second kappa shape index (κ2) is 8.47. The Labute approximate surface area is 121 Å². The molecule has 1 aromatic heterocycles. The van der Waals surface area contributed by atoms with Gasteiger partial charge in [0.1, 0.15) is 0 Å². The van der Waals surface area contributed by atoms with E-state index in [9.17, 15) is 4.79 Å². The summed E-state index contributed by atoms with van der Waals surface area (Å²) in [6.45, 7) is 11.3. The molecule has 0 atom stereocenters. The summed E-state index contributed by atoms with van der Waals surface area (Å²) in [5.74, 6) is 0.642. The number of anilines is 1. The highest BCUT2D eigenvalue weighted by Crippen LogP contribution is 2.12. The summed E-state index contributed by atoms with van der Waals surface area (Å²) >= 11 is 0. The van der Waals surface area contributed by atoms with Gasteiger partial charge >= 0.3 is 0 Å². The molecule has 6 heteroatoms.